The Kier molecular flexibility index (Phi) is 3.36. The third-order valence-electron chi connectivity index (χ3n) is 4.34. The monoisotopic (exact) mass is 261 g/mol. The van der Waals surface area contributed by atoms with E-state index in [9.17, 15) is 4.79 Å². The fourth-order valence-electron chi connectivity index (χ4n) is 3.35. The fourth-order valence-corrected chi connectivity index (χ4v) is 3.35. The maximum Gasteiger partial charge on any atom is 0.274 e. The maximum atomic E-state index is 12.5. The lowest BCUT2D eigenvalue weighted by Crippen LogP contribution is -2.39. The lowest BCUT2D eigenvalue weighted by Gasteiger charge is -2.31. The molecule has 0 unspecified atom stereocenters. The Balaban J connectivity index is 1.75. The topological polar surface area (TPSA) is 55.3 Å². The summed E-state index contributed by atoms with van der Waals surface area (Å²) < 4.78 is 4.96. The van der Waals surface area contributed by atoms with E-state index in [1.807, 2.05) is 4.90 Å². The number of methoxy groups -OCH3 is 1. The molecule has 1 amide bonds. The summed E-state index contributed by atoms with van der Waals surface area (Å²) in [5.74, 6) is 1.15. The van der Waals surface area contributed by atoms with Gasteiger partial charge in [0.05, 0.1) is 7.11 Å². The van der Waals surface area contributed by atoms with Crippen LogP contribution in [0.1, 0.15) is 42.6 Å². The van der Waals surface area contributed by atoms with E-state index in [1.54, 1.807) is 19.2 Å². The molecule has 2 atom stereocenters. The summed E-state index contributed by atoms with van der Waals surface area (Å²) in [6.45, 7) is 0.863. The van der Waals surface area contributed by atoms with Crippen molar-refractivity contribution in [3.05, 3.63) is 17.8 Å². The molecule has 2 aliphatic rings. The van der Waals surface area contributed by atoms with Crippen LogP contribution < -0.4 is 4.74 Å². The molecule has 0 N–H and O–H groups in total. The number of hydrogen-bond donors (Lipinski definition) is 0. The number of aromatic nitrogens is 2. The number of likely N-dealkylation sites (tertiary alicyclic amines) is 1. The van der Waals surface area contributed by atoms with Crippen molar-refractivity contribution < 1.29 is 9.53 Å². The Morgan fingerprint density at radius 3 is 2.84 bits per heavy atom. The van der Waals surface area contributed by atoms with Gasteiger partial charge >= 0.3 is 0 Å². The SMILES string of the molecule is COc1ccc(C(=O)N2CC[C@@H]3CCCC[C@@H]32)nn1. The number of fused-ring (bicyclic) bond motifs is 1. The third-order valence-corrected chi connectivity index (χ3v) is 4.34. The quantitative estimate of drug-likeness (QED) is 0.815. The molecule has 0 radical (unpaired) electrons. The van der Waals surface area contributed by atoms with Gasteiger partial charge in [-0.3, -0.25) is 4.79 Å². The van der Waals surface area contributed by atoms with Crippen LogP contribution in [-0.2, 0) is 0 Å². The summed E-state index contributed by atoms with van der Waals surface area (Å²) in [4.78, 5) is 14.5. The molecule has 2 heterocycles. The molecule has 1 aromatic heterocycles. The standard InChI is InChI=1S/C14H19N3O2/c1-19-13-7-6-11(15-16-13)14(18)17-9-8-10-4-2-3-5-12(10)17/h6-7,10,12H,2-5,8-9H2,1H3/t10-,12-/m0/s1. The van der Waals surface area contributed by atoms with Crippen molar-refractivity contribution in [3.8, 4) is 5.88 Å². The van der Waals surface area contributed by atoms with Gasteiger partial charge in [-0.1, -0.05) is 12.8 Å². The second-order valence-electron chi connectivity index (χ2n) is 5.36. The van der Waals surface area contributed by atoms with Gasteiger partial charge in [-0.2, -0.15) is 0 Å². The summed E-state index contributed by atoms with van der Waals surface area (Å²) in [6, 6.07) is 3.81. The second-order valence-corrected chi connectivity index (χ2v) is 5.36. The number of carbonyl (C=O) groups is 1. The van der Waals surface area contributed by atoms with Crippen molar-refractivity contribution in [2.24, 2.45) is 5.92 Å². The van der Waals surface area contributed by atoms with E-state index in [-0.39, 0.29) is 5.91 Å². The maximum absolute atomic E-state index is 12.5. The zero-order chi connectivity index (χ0) is 13.2. The van der Waals surface area contributed by atoms with Gasteiger partial charge < -0.3 is 9.64 Å². The van der Waals surface area contributed by atoms with Crippen molar-refractivity contribution in [2.45, 2.75) is 38.1 Å². The van der Waals surface area contributed by atoms with E-state index in [0.717, 1.165) is 19.4 Å². The summed E-state index contributed by atoms with van der Waals surface area (Å²) in [7, 11) is 1.54. The number of rotatable bonds is 2. The zero-order valence-electron chi connectivity index (χ0n) is 11.2. The Hall–Kier alpha value is -1.65. The van der Waals surface area contributed by atoms with Gasteiger partial charge in [0.1, 0.15) is 0 Å². The summed E-state index contributed by atoms with van der Waals surface area (Å²) >= 11 is 0. The molecule has 1 aromatic rings. The molecule has 102 valence electrons. The summed E-state index contributed by atoms with van der Waals surface area (Å²) in [5, 5.41) is 7.84. The first-order chi connectivity index (χ1) is 9.29. The van der Waals surface area contributed by atoms with Crippen LogP contribution in [0.25, 0.3) is 0 Å². The minimum absolute atomic E-state index is 0.0181. The number of nitrogens with zero attached hydrogens (tertiary/aromatic N) is 3. The van der Waals surface area contributed by atoms with Crippen LogP contribution in [0.3, 0.4) is 0 Å². The van der Waals surface area contributed by atoms with Crippen LogP contribution in [0, 0.1) is 5.92 Å². The average Bonchev–Trinajstić information content (AvgIpc) is 2.90. The van der Waals surface area contributed by atoms with Crippen LogP contribution >= 0.6 is 0 Å². The van der Waals surface area contributed by atoms with Crippen molar-refractivity contribution in [1.29, 1.82) is 0 Å². The van der Waals surface area contributed by atoms with Crippen LogP contribution in [0.5, 0.6) is 5.88 Å². The highest BCUT2D eigenvalue weighted by atomic mass is 16.5. The highest BCUT2D eigenvalue weighted by Gasteiger charge is 2.38. The van der Waals surface area contributed by atoms with Crippen LogP contribution in [0.4, 0.5) is 0 Å². The van der Waals surface area contributed by atoms with E-state index in [1.165, 1.54) is 19.3 Å². The number of amides is 1. The predicted molar refractivity (Wildman–Crippen MR) is 70.0 cm³/mol. The Morgan fingerprint density at radius 1 is 1.26 bits per heavy atom. The molecule has 5 heteroatoms. The zero-order valence-corrected chi connectivity index (χ0v) is 11.2. The molecule has 0 spiro atoms. The molecule has 0 aromatic carbocycles. The van der Waals surface area contributed by atoms with Crippen molar-refractivity contribution in [1.82, 2.24) is 15.1 Å². The third kappa shape index (κ3) is 2.29. The lowest BCUT2D eigenvalue weighted by atomic mass is 9.85. The molecule has 5 nitrogen and oxygen atoms in total. The van der Waals surface area contributed by atoms with E-state index < -0.39 is 0 Å². The minimum Gasteiger partial charge on any atom is -0.480 e. The van der Waals surface area contributed by atoms with Crippen LogP contribution in [0.2, 0.25) is 0 Å². The molecule has 1 saturated heterocycles. The first-order valence-corrected chi connectivity index (χ1v) is 6.98. The van der Waals surface area contributed by atoms with Gasteiger partial charge in [0.2, 0.25) is 5.88 Å². The smallest absolute Gasteiger partial charge is 0.274 e. The van der Waals surface area contributed by atoms with Gasteiger partial charge in [-0.15, -0.1) is 10.2 Å². The minimum atomic E-state index is 0.0181. The van der Waals surface area contributed by atoms with Crippen molar-refractivity contribution in [3.63, 3.8) is 0 Å². The highest BCUT2D eigenvalue weighted by Crippen LogP contribution is 2.36. The van der Waals surface area contributed by atoms with Crippen LogP contribution in [0.15, 0.2) is 12.1 Å². The van der Waals surface area contributed by atoms with Crippen molar-refractivity contribution in [2.75, 3.05) is 13.7 Å². The van der Waals surface area contributed by atoms with Gasteiger partial charge in [-0.25, -0.2) is 0 Å². The van der Waals surface area contributed by atoms with Crippen molar-refractivity contribution >= 4 is 5.91 Å². The second kappa shape index (κ2) is 5.15. The Labute approximate surface area is 113 Å². The molecular weight excluding hydrogens is 242 g/mol. The molecule has 1 aliphatic carbocycles. The summed E-state index contributed by atoms with van der Waals surface area (Å²) in [6.07, 6.45) is 6.09. The molecule has 1 aliphatic heterocycles. The summed E-state index contributed by atoms with van der Waals surface area (Å²) in [5.41, 5.74) is 0.423. The number of ether oxygens (including phenoxy) is 1. The molecule has 2 fully saturated rings. The van der Waals surface area contributed by atoms with Gasteiger partial charge in [-0.05, 0) is 31.2 Å². The molecule has 3 rings (SSSR count). The predicted octanol–water partition coefficient (Wildman–Crippen LogP) is 1.89. The van der Waals surface area contributed by atoms with Gasteiger partial charge in [0.25, 0.3) is 5.91 Å². The molecular formula is C14H19N3O2. The molecule has 1 saturated carbocycles. The average molecular weight is 261 g/mol. The van der Waals surface area contributed by atoms with E-state index in [4.69, 9.17) is 4.74 Å². The normalized spacial score (nSPS) is 26.1. The fraction of sp³-hybridized carbons (Fsp3) is 0.643. The van der Waals surface area contributed by atoms with E-state index in [0.29, 0.717) is 23.5 Å². The van der Waals surface area contributed by atoms with E-state index >= 15 is 0 Å². The molecule has 19 heavy (non-hydrogen) atoms. The first-order valence-electron chi connectivity index (χ1n) is 6.98. The largest absolute Gasteiger partial charge is 0.480 e. The first kappa shape index (κ1) is 12.4. The number of hydrogen-bond acceptors (Lipinski definition) is 4. The number of carbonyl (C=O) groups excluding carboxylic acids is 1. The van der Waals surface area contributed by atoms with Gasteiger partial charge in [0.15, 0.2) is 5.69 Å². The van der Waals surface area contributed by atoms with Gasteiger partial charge in [0, 0.05) is 18.7 Å². The van der Waals surface area contributed by atoms with Crippen LogP contribution in [-0.4, -0.2) is 40.7 Å². The Bertz CT molecular complexity index is 460. The van der Waals surface area contributed by atoms with E-state index in [2.05, 4.69) is 10.2 Å². The Morgan fingerprint density at radius 2 is 2.11 bits per heavy atom. The molecule has 0 bridgehead atoms. The lowest BCUT2D eigenvalue weighted by molar-refractivity contribution is 0.0682. The highest BCUT2D eigenvalue weighted by molar-refractivity contribution is 5.92.